The van der Waals surface area contributed by atoms with Crippen molar-refractivity contribution >= 4 is 0 Å². The Balaban J connectivity index is 1.17. The minimum Gasteiger partial charge on any atom is -0.228 e. The van der Waals surface area contributed by atoms with Gasteiger partial charge in [0.1, 0.15) is 0 Å². The van der Waals surface area contributed by atoms with E-state index >= 15 is 0 Å². The first-order valence-electron chi connectivity index (χ1n) is 22.5. The minimum absolute atomic E-state index is 0.658. The van der Waals surface area contributed by atoms with Crippen molar-refractivity contribution < 1.29 is 0 Å². The normalized spacial score (nSPS) is 11.0. The van der Waals surface area contributed by atoms with Crippen LogP contribution in [0.4, 0.5) is 0 Å². The maximum absolute atomic E-state index is 5.47. The van der Waals surface area contributed by atoms with Crippen LogP contribution in [0.1, 0.15) is 0 Å². The molecule has 0 aliphatic rings. The summed E-state index contributed by atoms with van der Waals surface area (Å²) in [5.41, 5.74) is 20.8. The van der Waals surface area contributed by atoms with Crippen molar-refractivity contribution in [2.24, 2.45) is 0 Å². The third-order valence-electron chi connectivity index (χ3n) is 12.4. The third-order valence-corrected chi connectivity index (χ3v) is 12.4. The van der Waals surface area contributed by atoms with Crippen LogP contribution in [0.2, 0.25) is 0 Å². The molecule has 0 saturated carbocycles. The number of rotatable bonds is 10. The lowest BCUT2D eigenvalue weighted by Crippen LogP contribution is -2.00. The molecule has 66 heavy (non-hydrogen) atoms. The highest BCUT2D eigenvalue weighted by molar-refractivity contribution is 6.08. The van der Waals surface area contributed by atoms with Gasteiger partial charge < -0.3 is 0 Å². The molecular formula is C64H44N2. The Morgan fingerprint density at radius 1 is 0.182 bits per heavy atom. The number of hydrogen-bond acceptors (Lipinski definition) is 2. The van der Waals surface area contributed by atoms with Gasteiger partial charge in [-0.25, -0.2) is 9.97 Å². The van der Waals surface area contributed by atoms with Crippen molar-refractivity contribution in [3.63, 3.8) is 0 Å². The largest absolute Gasteiger partial charge is 0.228 e. The highest BCUT2D eigenvalue weighted by atomic mass is 14.9. The van der Waals surface area contributed by atoms with E-state index in [4.69, 9.17) is 9.97 Å². The van der Waals surface area contributed by atoms with Gasteiger partial charge in [-0.2, -0.15) is 0 Å². The van der Waals surface area contributed by atoms with E-state index in [0.717, 1.165) is 83.7 Å². The SMILES string of the molecule is c1ccc(-c2ccc(-c3cc(-c4ccc(-c5ccccc5)cc4)nc(-c4ccccc4-c4cc(-c5ccccc5)c(-c5ccccc5)c(-c5ccccc5)c4-c4ccccc4)n3)cc2)cc1. The summed E-state index contributed by atoms with van der Waals surface area (Å²) in [4.78, 5) is 10.9. The fourth-order valence-electron chi connectivity index (χ4n) is 9.15. The van der Waals surface area contributed by atoms with E-state index < -0.39 is 0 Å². The van der Waals surface area contributed by atoms with Crippen LogP contribution in [0.25, 0.3) is 112 Å². The van der Waals surface area contributed by atoms with E-state index in [2.05, 4.69) is 267 Å². The van der Waals surface area contributed by atoms with Crippen molar-refractivity contribution in [3.8, 4) is 112 Å². The van der Waals surface area contributed by atoms with Gasteiger partial charge in [0.05, 0.1) is 11.4 Å². The number of hydrogen-bond donors (Lipinski definition) is 0. The predicted molar refractivity (Wildman–Crippen MR) is 276 cm³/mol. The van der Waals surface area contributed by atoms with E-state index in [9.17, 15) is 0 Å². The zero-order valence-corrected chi connectivity index (χ0v) is 36.3. The lowest BCUT2D eigenvalue weighted by atomic mass is 9.78. The summed E-state index contributed by atoms with van der Waals surface area (Å²) in [6, 6.07) is 95.0. The van der Waals surface area contributed by atoms with Crippen molar-refractivity contribution in [2.45, 2.75) is 0 Å². The van der Waals surface area contributed by atoms with Gasteiger partial charge in [-0.05, 0) is 90.0 Å². The van der Waals surface area contributed by atoms with E-state index in [1.165, 1.54) is 22.3 Å². The summed E-state index contributed by atoms with van der Waals surface area (Å²) in [6.07, 6.45) is 0. The lowest BCUT2D eigenvalue weighted by molar-refractivity contribution is 1.18. The van der Waals surface area contributed by atoms with Crippen molar-refractivity contribution in [3.05, 3.63) is 267 Å². The Kier molecular flexibility index (Phi) is 11.0. The summed E-state index contributed by atoms with van der Waals surface area (Å²) >= 11 is 0. The summed E-state index contributed by atoms with van der Waals surface area (Å²) in [5, 5.41) is 0. The van der Waals surface area contributed by atoms with Crippen LogP contribution in [0.3, 0.4) is 0 Å². The van der Waals surface area contributed by atoms with E-state index in [-0.39, 0.29) is 0 Å². The molecule has 0 spiro atoms. The highest BCUT2D eigenvalue weighted by Crippen LogP contribution is 2.51. The second kappa shape index (κ2) is 18.2. The Bertz CT molecular complexity index is 3290. The van der Waals surface area contributed by atoms with Crippen LogP contribution in [0.5, 0.6) is 0 Å². The molecule has 0 fully saturated rings. The molecule has 1 heterocycles. The summed E-state index contributed by atoms with van der Waals surface area (Å²) in [5.74, 6) is 0.658. The third kappa shape index (κ3) is 8.05. The second-order valence-corrected chi connectivity index (χ2v) is 16.5. The van der Waals surface area contributed by atoms with Crippen LogP contribution < -0.4 is 0 Å². The molecule has 10 aromatic carbocycles. The topological polar surface area (TPSA) is 25.8 Å². The van der Waals surface area contributed by atoms with Gasteiger partial charge in [-0.15, -0.1) is 0 Å². The quantitative estimate of drug-likeness (QED) is 0.137. The van der Waals surface area contributed by atoms with Gasteiger partial charge in [0.25, 0.3) is 0 Å². The molecule has 2 heteroatoms. The van der Waals surface area contributed by atoms with Crippen molar-refractivity contribution in [1.29, 1.82) is 0 Å². The molecule has 11 aromatic rings. The first-order valence-corrected chi connectivity index (χ1v) is 22.5. The first-order chi connectivity index (χ1) is 32.7. The molecule has 0 radical (unpaired) electrons. The van der Waals surface area contributed by atoms with Crippen LogP contribution in [0.15, 0.2) is 267 Å². The summed E-state index contributed by atoms with van der Waals surface area (Å²) < 4.78 is 0. The van der Waals surface area contributed by atoms with Crippen LogP contribution in [-0.2, 0) is 0 Å². The lowest BCUT2D eigenvalue weighted by Gasteiger charge is -2.25. The predicted octanol–water partition coefficient (Wildman–Crippen LogP) is 17.1. The maximum atomic E-state index is 5.47. The Hall–Kier alpha value is -8.72. The average Bonchev–Trinajstić information content (AvgIpc) is 3.41. The Morgan fingerprint density at radius 2 is 0.485 bits per heavy atom. The van der Waals surface area contributed by atoms with Gasteiger partial charge >= 0.3 is 0 Å². The van der Waals surface area contributed by atoms with E-state index in [1.54, 1.807) is 0 Å². The smallest absolute Gasteiger partial charge is 0.161 e. The zero-order valence-electron chi connectivity index (χ0n) is 36.3. The molecule has 0 amide bonds. The number of aromatic nitrogens is 2. The van der Waals surface area contributed by atoms with Crippen LogP contribution in [-0.4, -0.2) is 9.97 Å². The molecule has 310 valence electrons. The molecule has 1 aromatic heterocycles. The fourth-order valence-corrected chi connectivity index (χ4v) is 9.15. The van der Waals surface area contributed by atoms with Gasteiger partial charge in [0.15, 0.2) is 5.82 Å². The minimum atomic E-state index is 0.658. The molecule has 0 aliphatic carbocycles. The highest BCUT2D eigenvalue weighted by Gasteiger charge is 2.25. The van der Waals surface area contributed by atoms with Gasteiger partial charge in [0, 0.05) is 16.7 Å². The first kappa shape index (κ1) is 40.1. The molecule has 0 aliphatic heterocycles. The van der Waals surface area contributed by atoms with Crippen LogP contribution in [0, 0.1) is 0 Å². The van der Waals surface area contributed by atoms with E-state index in [0.29, 0.717) is 5.82 Å². The van der Waals surface area contributed by atoms with Gasteiger partial charge in [0.2, 0.25) is 0 Å². The Morgan fingerprint density at radius 3 is 0.909 bits per heavy atom. The van der Waals surface area contributed by atoms with Crippen molar-refractivity contribution in [2.75, 3.05) is 0 Å². The standard InChI is InChI=1S/C64H44N2/c1-7-21-45(22-8-1)47-35-39-50(40-36-47)59-44-60(51-41-37-48(38-42-51)46-23-9-2-10-24-46)66-64(65-59)56-34-20-19-33-55(56)58-43-57(49-25-11-3-12-26-49)61(52-27-13-4-14-28-52)63(54-31-17-6-18-32-54)62(58)53-29-15-5-16-30-53/h1-44H. The zero-order chi connectivity index (χ0) is 44.1. The molecule has 0 atom stereocenters. The molecule has 0 N–H and O–H groups in total. The molecule has 11 rings (SSSR count). The molecule has 2 nitrogen and oxygen atoms in total. The van der Waals surface area contributed by atoms with Gasteiger partial charge in [-0.1, -0.05) is 255 Å². The van der Waals surface area contributed by atoms with Crippen LogP contribution >= 0.6 is 0 Å². The van der Waals surface area contributed by atoms with Crippen molar-refractivity contribution in [1.82, 2.24) is 9.97 Å². The summed E-state index contributed by atoms with van der Waals surface area (Å²) in [6.45, 7) is 0. The second-order valence-electron chi connectivity index (χ2n) is 16.5. The maximum Gasteiger partial charge on any atom is 0.161 e. The number of nitrogens with zero attached hydrogens (tertiary/aromatic N) is 2. The van der Waals surface area contributed by atoms with E-state index in [1.807, 2.05) is 0 Å². The number of benzene rings is 10. The molecule has 0 saturated heterocycles. The Labute approximate surface area is 386 Å². The average molecular weight is 841 g/mol. The molecule has 0 bridgehead atoms. The fraction of sp³-hybridized carbons (Fsp3) is 0. The van der Waals surface area contributed by atoms with Gasteiger partial charge in [-0.3, -0.25) is 0 Å². The molecule has 0 unspecified atom stereocenters. The monoisotopic (exact) mass is 840 g/mol. The summed E-state index contributed by atoms with van der Waals surface area (Å²) in [7, 11) is 0. The molecular weight excluding hydrogens is 797 g/mol.